The number of hydrogen-bond donors (Lipinski definition) is 0. The molecule has 0 saturated carbocycles. The zero-order chi connectivity index (χ0) is 41.0. The Labute approximate surface area is 360 Å². The highest BCUT2D eigenvalue weighted by Crippen LogP contribution is 2.43. The molecule has 0 N–H and O–H groups in total. The van der Waals surface area contributed by atoms with E-state index in [1.807, 2.05) is 0 Å². The standard InChI is InChI=1S/C60H40N2/c1-3-14-41(15-4-1)46-20-13-21-47(38-46)42-28-32-50(33-29-42)61(52-36-37-54-49(39-52)27-26-43-16-7-9-22-53(43)54)51-34-30-45(31-35-51)60-55-23-10-8-19-48(55)40-58-59(44-17-5-2-6-18-44)56-24-11-12-25-57(56)62(58)60/h1-40H. The third-order valence-electron chi connectivity index (χ3n) is 12.5. The van der Waals surface area contributed by atoms with Crippen molar-refractivity contribution in [1.29, 1.82) is 0 Å². The zero-order valence-corrected chi connectivity index (χ0v) is 34.0. The molecule has 0 aliphatic carbocycles. The Hall–Kier alpha value is -8.20. The molecular formula is C60H40N2. The fourth-order valence-electron chi connectivity index (χ4n) is 9.60. The number of nitrogens with zero attached hydrogens (tertiary/aromatic N) is 2. The maximum atomic E-state index is 2.48. The third kappa shape index (κ3) is 6.04. The molecule has 2 heterocycles. The highest BCUT2D eigenvalue weighted by molar-refractivity contribution is 6.12. The smallest absolute Gasteiger partial charge is 0.0612 e. The van der Waals surface area contributed by atoms with E-state index in [2.05, 4.69) is 252 Å². The van der Waals surface area contributed by atoms with Gasteiger partial charge >= 0.3 is 0 Å². The SMILES string of the molecule is c1ccc(-c2cccc(-c3ccc(N(c4ccc(-c5c6ccccc6cc6c(-c7ccccc7)c7ccccc7n56)cc4)c4ccc5c(ccc6ccccc65)c4)cc3)c2)cc1. The van der Waals surface area contributed by atoms with E-state index >= 15 is 0 Å². The summed E-state index contributed by atoms with van der Waals surface area (Å²) in [6.45, 7) is 0. The summed E-state index contributed by atoms with van der Waals surface area (Å²) in [7, 11) is 0. The van der Waals surface area contributed by atoms with Crippen molar-refractivity contribution in [1.82, 2.24) is 4.40 Å². The van der Waals surface area contributed by atoms with Crippen molar-refractivity contribution in [3.63, 3.8) is 0 Å². The number of para-hydroxylation sites is 1. The van der Waals surface area contributed by atoms with Crippen molar-refractivity contribution in [2.24, 2.45) is 0 Å². The van der Waals surface area contributed by atoms with Gasteiger partial charge in [-0.05, 0) is 115 Å². The monoisotopic (exact) mass is 788 g/mol. The van der Waals surface area contributed by atoms with Gasteiger partial charge in [0.1, 0.15) is 0 Å². The first-order chi connectivity index (χ1) is 30.7. The molecule has 0 unspecified atom stereocenters. The first kappa shape index (κ1) is 35.7. The predicted molar refractivity (Wildman–Crippen MR) is 264 cm³/mol. The molecular weight excluding hydrogens is 749 g/mol. The Morgan fingerprint density at radius 2 is 0.758 bits per heavy atom. The van der Waals surface area contributed by atoms with Crippen LogP contribution in [0.2, 0.25) is 0 Å². The maximum Gasteiger partial charge on any atom is 0.0612 e. The summed E-state index contributed by atoms with van der Waals surface area (Å²) < 4.78 is 2.48. The molecule has 0 atom stereocenters. The normalized spacial score (nSPS) is 11.5. The van der Waals surface area contributed by atoms with Crippen LogP contribution in [0.15, 0.2) is 243 Å². The fraction of sp³-hybridized carbons (Fsp3) is 0. The molecule has 2 nitrogen and oxygen atoms in total. The quantitative estimate of drug-likeness (QED) is 0.146. The predicted octanol–water partition coefficient (Wildman–Crippen LogP) is 16.7. The van der Waals surface area contributed by atoms with E-state index in [0.717, 1.165) is 22.6 Å². The number of hydrogen-bond acceptors (Lipinski definition) is 1. The van der Waals surface area contributed by atoms with Crippen LogP contribution in [-0.2, 0) is 0 Å². The van der Waals surface area contributed by atoms with Crippen molar-refractivity contribution in [2.75, 3.05) is 4.90 Å². The number of rotatable bonds is 7. The van der Waals surface area contributed by atoms with Crippen LogP contribution < -0.4 is 4.90 Å². The maximum absolute atomic E-state index is 2.48. The number of fused-ring (bicyclic) bond motifs is 7. The number of anilines is 3. The van der Waals surface area contributed by atoms with Gasteiger partial charge in [-0.1, -0.05) is 188 Å². The van der Waals surface area contributed by atoms with Crippen LogP contribution in [-0.4, -0.2) is 4.40 Å². The summed E-state index contributed by atoms with van der Waals surface area (Å²) in [5, 5.41) is 8.67. The summed E-state index contributed by atoms with van der Waals surface area (Å²) >= 11 is 0. The van der Waals surface area contributed by atoms with E-state index in [1.165, 1.54) is 87.8 Å². The van der Waals surface area contributed by atoms with E-state index in [0.29, 0.717) is 0 Å². The summed E-state index contributed by atoms with van der Waals surface area (Å²) in [5.74, 6) is 0. The average Bonchev–Trinajstić information content (AvgIpc) is 3.68. The van der Waals surface area contributed by atoms with E-state index in [9.17, 15) is 0 Å². The molecule has 2 aromatic heterocycles. The van der Waals surface area contributed by atoms with E-state index in [-0.39, 0.29) is 0 Å². The van der Waals surface area contributed by atoms with Crippen LogP contribution in [0.3, 0.4) is 0 Å². The first-order valence-corrected chi connectivity index (χ1v) is 21.3. The fourth-order valence-corrected chi connectivity index (χ4v) is 9.60. The van der Waals surface area contributed by atoms with Gasteiger partial charge < -0.3 is 9.30 Å². The Morgan fingerprint density at radius 1 is 0.258 bits per heavy atom. The van der Waals surface area contributed by atoms with Gasteiger partial charge in [0.25, 0.3) is 0 Å². The molecule has 0 aliphatic heterocycles. The Bertz CT molecular complexity index is 3600. The van der Waals surface area contributed by atoms with Crippen molar-refractivity contribution in [3.8, 4) is 44.6 Å². The van der Waals surface area contributed by atoms with Gasteiger partial charge in [0.05, 0.1) is 16.7 Å². The topological polar surface area (TPSA) is 7.65 Å². The molecule has 0 spiro atoms. The Morgan fingerprint density at radius 3 is 1.48 bits per heavy atom. The number of benzene rings is 10. The minimum Gasteiger partial charge on any atom is -0.310 e. The highest BCUT2D eigenvalue weighted by atomic mass is 15.1. The lowest BCUT2D eigenvalue weighted by Crippen LogP contribution is -2.10. The second-order valence-corrected chi connectivity index (χ2v) is 16.1. The Balaban J connectivity index is 1.01. The summed E-state index contributed by atoms with van der Waals surface area (Å²) in [6.07, 6.45) is 0. The molecule has 290 valence electrons. The lowest BCUT2D eigenvalue weighted by Gasteiger charge is -2.26. The van der Waals surface area contributed by atoms with Gasteiger partial charge in [-0.15, -0.1) is 0 Å². The van der Waals surface area contributed by atoms with Gasteiger partial charge in [0.15, 0.2) is 0 Å². The molecule has 0 saturated heterocycles. The van der Waals surface area contributed by atoms with Crippen LogP contribution in [0.5, 0.6) is 0 Å². The van der Waals surface area contributed by atoms with Gasteiger partial charge in [0.2, 0.25) is 0 Å². The zero-order valence-electron chi connectivity index (χ0n) is 34.0. The van der Waals surface area contributed by atoms with Crippen LogP contribution in [0, 0.1) is 0 Å². The van der Waals surface area contributed by atoms with E-state index in [4.69, 9.17) is 0 Å². The van der Waals surface area contributed by atoms with E-state index in [1.54, 1.807) is 0 Å². The molecule has 10 aromatic carbocycles. The van der Waals surface area contributed by atoms with Crippen LogP contribution in [0.1, 0.15) is 0 Å². The molecule has 0 aliphatic rings. The minimum atomic E-state index is 1.09. The molecule has 2 heteroatoms. The van der Waals surface area contributed by atoms with Gasteiger partial charge in [-0.25, -0.2) is 0 Å². The lowest BCUT2D eigenvalue weighted by molar-refractivity contribution is 1.26. The lowest BCUT2D eigenvalue weighted by atomic mass is 9.98. The van der Waals surface area contributed by atoms with Crippen molar-refractivity contribution >= 4 is 65.8 Å². The van der Waals surface area contributed by atoms with Crippen molar-refractivity contribution in [2.45, 2.75) is 0 Å². The van der Waals surface area contributed by atoms with Crippen LogP contribution in [0.25, 0.3) is 93.4 Å². The van der Waals surface area contributed by atoms with Crippen LogP contribution >= 0.6 is 0 Å². The van der Waals surface area contributed by atoms with Gasteiger partial charge in [-0.2, -0.15) is 0 Å². The molecule has 0 radical (unpaired) electrons. The molecule has 62 heavy (non-hydrogen) atoms. The van der Waals surface area contributed by atoms with Gasteiger partial charge in [-0.3, -0.25) is 0 Å². The second kappa shape index (κ2) is 14.8. The molecule has 0 bridgehead atoms. The molecule has 12 aromatic rings. The Kier molecular flexibility index (Phi) is 8.53. The van der Waals surface area contributed by atoms with Gasteiger partial charge in [0, 0.05) is 33.4 Å². The van der Waals surface area contributed by atoms with Crippen molar-refractivity contribution in [3.05, 3.63) is 243 Å². The second-order valence-electron chi connectivity index (χ2n) is 16.1. The first-order valence-electron chi connectivity index (χ1n) is 21.3. The van der Waals surface area contributed by atoms with E-state index < -0.39 is 0 Å². The summed E-state index contributed by atoms with van der Waals surface area (Å²) in [5.41, 5.74) is 15.3. The molecule has 0 amide bonds. The van der Waals surface area contributed by atoms with Crippen LogP contribution in [0.4, 0.5) is 17.1 Å². The average molecular weight is 789 g/mol. The summed E-state index contributed by atoms with van der Waals surface area (Å²) in [6, 6.07) is 88.5. The highest BCUT2D eigenvalue weighted by Gasteiger charge is 2.20. The number of pyridine rings is 1. The molecule has 0 fully saturated rings. The minimum absolute atomic E-state index is 1.09. The van der Waals surface area contributed by atoms with Crippen molar-refractivity contribution < 1.29 is 0 Å². The third-order valence-corrected chi connectivity index (χ3v) is 12.5. The molecule has 12 rings (SSSR count). The number of aromatic nitrogens is 1. The largest absolute Gasteiger partial charge is 0.310 e. The summed E-state index contributed by atoms with van der Waals surface area (Å²) in [4.78, 5) is 2.39.